The molecule has 0 bridgehead atoms. The van der Waals surface area contributed by atoms with Crippen molar-refractivity contribution in [3.63, 3.8) is 0 Å². The zero-order valence-electron chi connectivity index (χ0n) is 14.0. The summed E-state index contributed by atoms with van der Waals surface area (Å²) in [5.74, 6) is 0.713. The van der Waals surface area contributed by atoms with Gasteiger partial charge in [0.25, 0.3) is 0 Å². The van der Waals surface area contributed by atoms with Crippen LogP contribution in [0.1, 0.15) is 52.9 Å². The van der Waals surface area contributed by atoms with Gasteiger partial charge in [0, 0.05) is 32.8 Å². The highest BCUT2D eigenvalue weighted by Gasteiger charge is 2.37. The molecule has 0 aromatic heterocycles. The van der Waals surface area contributed by atoms with Gasteiger partial charge in [-0.2, -0.15) is 0 Å². The van der Waals surface area contributed by atoms with Crippen LogP contribution in [0, 0.1) is 11.3 Å². The second-order valence-electron chi connectivity index (χ2n) is 7.52. The lowest BCUT2D eigenvalue weighted by Gasteiger charge is -2.41. The van der Waals surface area contributed by atoms with Gasteiger partial charge in [-0.1, -0.05) is 33.6 Å². The molecule has 3 heteroatoms. The first kappa shape index (κ1) is 16.3. The van der Waals surface area contributed by atoms with Crippen LogP contribution < -0.4 is 5.32 Å². The standard InChI is InChI=1S/C17H34N2O/c1-14(2)18-12-17(8-5-6-9-17)13-19-10-7-15(3)16(11-19)20-4/h14-16,18H,5-13H2,1-4H3. The molecule has 2 rings (SSSR count). The van der Waals surface area contributed by atoms with Crippen molar-refractivity contribution in [3.8, 4) is 0 Å². The third-order valence-corrected chi connectivity index (χ3v) is 5.38. The summed E-state index contributed by atoms with van der Waals surface area (Å²) >= 11 is 0. The number of nitrogens with zero attached hydrogens (tertiary/aromatic N) is 1. The number of hydrogen-bond acceptors (Lipinski definition) is 3. The van der Waals surface area contributed by atoms with Crippen molar-refractivity contribution < 1.29 is 4.74 Å². The molecule has 2 atom stereocenters. The molecule has 118 valence electrons. The Hall–Kier alpha value is -0.120. The van der Waals surface area contributed by atoms with Crippen molar-refractivity contribution in [2.75, 3.05) is 33.3 Å². The molecule has 20 heavy (non-hydrogen) atoms. The summed E-state index contributed by atoms with van der Waals surface area (Å²) in [7, 11) is 1.87. The van der Waals surface area contributed by atoms with Crippen molar-refractivity contribution in [3.05, 3.63) is 0 Å². The fraction of sp³-hybridized carbons (Fsp3) is 1.00. The van der Waals surface area contributed by atoms with Crippen LogP contribution >= 0.6 is 0 Å². The second kappa shape index (κ2) is 7.24. The van der Waals surface area contributed by atoms with Gasteiger partial charge in [0.2, 0.25) is 0 Å². The molecule has 1 N–H and O–H groups in total. The highest BCUT2D eigenvalue weighted by atomic mass is 16.5. The zero-order valence-corrected chi connectivity index (χ0v) is 14.0. The van der Waals surface area contributed by atoms with Crippen LogP contribution in [0.15, 0.2) is 0 Å². The molecule has 2 unspecified atom stereocenters. The van der Waals surface area contributed by atoms with Crippen LogP contribution in [0.4, 0.5) is 0 Å². The van der Waals surface area contributed by atoms with Crippen LogP contribution in [-0.4, -0.2) is 50.3 Å². The molecule has 0 spiro atoms. The van der Waals surface area contributed by atoms with E-state index in [1.807, 2.05) is 7.11 Å². The van der Waals surface area contributed by atoms with Gasteiger partial charge in [0.05, 0.1) is 6.10 Å². The lowest BCUT2D eigenvalue weighted by molar-refractivity contribution is -0.0178. The average molecular weight is 282 g/mol. The predicted octanol–water partition coefficient (Wildman–Crippen LogP) is 2.90. The summed E-state index contributed by atoms with van der Waals surface area (Å²) in [6, 6.07) is 0.598. The summed E-state index contributed by atoms with van der Waals surface area (Å²) in [5, 5.41) is 3.69. The number of rotatable bonds is 6. The first-order chi connectivity index (χ1) is 9.54. The van der Waals surface area contributed by atoms with Crippen LogP contribution in [0.5, 0.6) is 0 Å². The van der Waals surface area contributed by atoms with Gasteiger partial charge in [-0.3, -0.25) is 0 Å². The van der Waals surface area contributed by atoms with Gasteiger partial charge >= 0.3 is 0 Å². The van der Waals surface area contributed by atoms with Crippen molar-refractivity contribution in [2.24, 2.45) is 11.3 Å². The third kappa shape index (κ3) is 4.19. The Balaban J connectivity index is 1.91. The van der Waals surface area contributed by atoms with E-state index >= 15 is 0 Å². The number of hydrogen-bond donors (Lipinski definition) is 1. The van der Waals surface area contributed by atoms with E-state index in [9.17, 15) is 0 Å². The monoisotopic (exact) mass is 282 g/mol. The van der Waals surface area contributed by atoms with Crippen LogP contribution in [0.3, 0.4) is 0 Å². The Kier molecular flexibility index (Phi) is 5.88. The van der Waals surface area contributed by atoms with Crippen LogP contribution in [0.25, 0.3) is 0 Å². The van der Waals surface area contributed by atoms with E-state index in [4.69, 9.17) is 4.74 Å². The molecule has 0 amide bonds. The van der Waals surface area contributed by atoms with E-state index in [-0.39, 0.29) is 0 Å². The summed E-state index contributed by atoms with van der Waals surface area (Å²) in [6.45, 7) is 11.7. The first-order valence-corrected chi connectivity index (χ1v) is 8.53. The molecule has 1 aliphatic carbocycles. The maximum absolute atomic E-state index is 5.67. The van der Waals surface area contributed by atoms with E-state index in [1.54, 1.807) is 0 Å². The molecule has 1 saturated heterocycles. The molecule has 1 saturated carbocycles. The van der Waals surface area contributed by atoms with Crippen LogP contribution in [0.2, 0.25) is 0 Å². The number of methoxy groups -OCH3 is 1. The Labute approximate surface area is 125 Å². The summed E-state index contributed by atoms with van der Waals surface area (Å²) in [5.41, 5.74) is 0.517. The van der Waals surface area contributed by atoms with E-state index < -0.39 is 0 Å². The minimum Gasteiger partial charge on any atom is -0.380 e. The molecule has 1 heterocycles. The van der Waals surface area contributed by atoms with Crippen molar-refractivity contribution >= 4 is 0 Å². The lowest BCUT2D eigenvalue weighted by Crippen LogP contribution is -2.50. The molecule has 2 aliphatic rings. The molecule has 2 fully saturated rings. The fourth-order valence-corrected chi connectivity index (χ4v) is 3.96. The maximum atomic E-state index is 5.67. The van der Waals surface area contributed by atoms with E-state index in [0.29, 0.717) is 23.5 Å². The molecule has 3 nitrogen and oxygen atoms in total. The summed E-state index contributed by atoms with van der Waals surface area (Å²) < 4.78 is 5.67. The normalized spacial score (nSPS) is 31.1. The molecule has 1 aliphatic heterocycles. The topological polar surface area (TPSA) is 24.5 Å². The van der Waals surface area contributed by atoms with Crippen molar-refractivity contribution in [1.29, 1.82) is 0 Å². The third-order valence-electron chi connectivity index (χ3n) is 5.38. The van der Waals surface area contributed by atoms with E-state index in [2.05, 4.69) is 31.0 Å². The van der Waals surface area contributed by atoms with E-state index in [1.165, 1.54) is 51.7 Å². The molecule has 0 aromatic rings. The van der Waals surface area contributed by atoms with Crippen molar-refractivity contribution in [2.45, 2.75) is 65.0 Å². The number of piperidine rings is 1. The fourth-order valence-electron chi connectivity index (χ4n) is 3.96. The highest BCUT2D eigenvalue weighted by molar-refractivity contribution is 4.92. The molecular formula is C17H34N2O. The summed E-state index contributed by atoms with van der Waals surface area (Å²) in [6.07, 6.45) is 7.34. The van der Waals surface area contributed by atoms with Gasteiger partial charge in [-0.05, 0) is 37.1 Å². The lowest BCUT2D eigenvalue weighted by atomic mass is 9.84. The summed E-state index contributed by atoms with van der Waals surface area (Å²) in [4.78, 5) is 2.67. The Morgan fingerprint density at radius 2 is 2.00 bits per heavy atom. The largest absolute Gasteiger partial charge is 0.380 e. The molecule has 0 radical (unpaired) electrons. The number of nitrogens with one attached hydrogen (secondary N) is 1. The molecular weight excluding hydrogens is 248 g/mol. The SMILES string of the molecule is COC1CN(CC2(CNC(C)C)CCCC2)CCC1C. The Morgan fingerprint density at radius 1 is 1.30 bits per heavy atom. The average Bonchev–Trinajstić information content (AvgIpc) is 2.88. The Bertz CT molecular complexity index is 287. The van der Waals surface area contributed by atoms with Crippen LogP contribution in [-0.2, 0) is 4.74 Å². The van der Waals surface area contributed by atoms with Gasteiger partial charge in [-0.25, -0.2) is 0 Å². The Morgan fingerprint density at radius 3 is 2.60 bits per heavy atom. The van der Waals surface area contributed by atoms with E-state index in [0.717, 1.165) is 6.54 Å². The first-order valence-electron chi connectivity index (χ1n) is 8.53. The maximum Gasteiger partial charge on any atom is 0.0724 e. The highest BCUT2D eigenvalue weighted by Crippen LogP contribution is 2.39. The number of ether oxygens (including phenoxy) is 1. The van der Waals surface area contributed by atoms with Gasteiger partial charge in [0.15, 0.2) is 0 Å². The smallest absolute Gasteiger partial charge is 0.0724 e. The van der Waals surface area contributed by atoms with Crippen molar-refractivity contribution in [1.82, 2.24) is 10.2 Å². The number of likely N-dealkylation sites (tertiary alicyclic amines) is 1. The molecule has 0 aromatic carbocycles. The van der Waals surface area contributed by atoms with Gasteiger partial charge < -0.3 is 15.0 Å². The van der Waals surface area contributed by atoms with Gasteiger partial charge in [-0.15, -0.1) is 0 Å². The minimum absolute atomic E-state index is 0.431. The quantitative estimate of drug-likeness (QED) is 0.811. The predicted molar refractivity (Wildman–Crippen MR) is 85.1 cm³/mol. The zero-order chi connectivity index (χ0) is 14.6. The van der Waals surface area contributed by atoms with Gasteiger partial charge in [0.1, 0.15) is 0 Å². The second-order valence-corrected chi connectivity index (χ2v) is 7.52. The minimum atomic E-state index is 0.431.